The molecule has 2 N–H and O–H groups in total. The van der Waals surface area contributed by atoms with Crippen LogP contribution in [-0.4, -0.2) is 11.1 Å². The minimum absolute atomic E-state index is 0.220. The van der Waals surface area contributed by atoms with E-state index >= 15 is 0 Å². The number of nitrogens with zero attached hydrogens (tertiary/aromatic N) is 1. The maximum atomic E-state index is 6.18. The normalized spacial score (nSPS) is 18.3. The minimum atomic E-state index is 0.220. The summed E-state index contributed by atoms with van der Waals surface area (Å²) in [5.74, 6) is 0. The Hall–Kier alpha value is -1.28. The van der Waals surface area contributed by atoms with Gasteiger partial charge in [-0.05, 0) is 43.4 Å². The summed E-state index contributed by atoms with van der Waals surface area (Å²) < 4.78 is 2.29. The number of aryl methyl sites for hydroxylation is 3. The van der Waals surface area contributed by atoms with E-state index in [0.29, 0.717) is 0 Å². The number of benzene rings is 1. The van der Waals surface area contributed by atoms with Gasteiger partial charge in [-0.15, -0.1) is 0 Å². The molecule has 0 bridgehead atoms. The van der Waals surface area contributed by atoms with Crippen molar-refractivity contribution < 1.29 is 0 Å². The molecule has 1 aromatic carbocycles. The zero-order valence-electron chi connectivity index (χ0n) is 12.3. The van der Waals surface area contributed by atoms with Gasteiger partial charge >= 0.3 is 0 Å². The number of hydrogen-bond donors (Lipinski definition) is 1. The maximum Gasteiger partial charge on any atom is 0.0513 e. The lowest BCUT2D eigenvalue weighted by atomic mass is 9.78. The summed E-state index contributed by atoms with van der Waals surface area (Å²) in [6.07, 6.45) is 7.46. The first-order valence-electron chi connectivity index (χ1n) is 7.35. The van der Waals surface area contributed by atoms with Crippen LogP contribution in [0.15, 0.2) is 18.3 Å². The topological polar surface area (TPSA) is 30.9 Å². The van der Waals surface area contributed by atoms with E-state index in [-0.39, 0.29) is 5.41 Å². The highest BCUT2D eigenvalue weighted by Gasteiger charge is 2.36. The maximum absolute atomic E-state index is 6.18. The first-order valence-corrected chi connectivity index (χ1v) is 7.35. The van der Waals surface area contributed by atoms with Gasteiger partial charge in [0, 0.05) is 30.6 Å². The second-order valence-corrected chi connectivity index (χ2v) is 6.27. The average Bonchev–Trinajstić information content (AvgIpc) is 3.00. The summed E-state index contributed by atoms with van der Waals surface area (Å²) in [5.41, 5.74) is 12.0. The van der Waals surface area contributed by atoms with Gasteiger partial charge in [-0.25, -0.2) is 0 Å². The molecule has 1 saturated carbocycles. The Morgan fingerprint density at radius 1 is 1.16 bits per heavy atom. The summed E-state index contributed by atoms with van der Waals surface area (Å²) in [6.45, 7) is 5.21. The monoisotopic (exact) mass is 256 g/mol. The molecule has 1 aliphatic carbocycles. The Bertz CT molecular complexity index is 616. The molecule has 0 saturated heterocycles. The molecule has 3 rings (SSSR count). The molecular formula is C17H24N2. The average molecular weight is 256 g/mol. The molecule has 0 atom stereocenters. The van der Waals surface area contributed by atoms with Crippen molar-refractivity contribution in [3.63, 3.8) is 0 Å². The lowest BCUT2D eigenvalue weighted by Crippen LogP contribution is -2.31. The SMILES string of the molecule is Cc1ccc(C)c2c1c(C1(CN)CCCC1)cn2C. The minimum Gasteiger partial charge on any atom is -0.350 e. The molecule has 1 aromatic heterocycles. The Morgan fingerprint density at radius 3 is 2.42 bits per heavy atom. The summed E-state index contributed by atoms with van der Waals surface area (Å²) in [5, 5.41) is 1.45. The molecule has 0 unspecified atom stereocenters. The third-order valence-corrected chi connectivity index (χ3v) is 5.06. The number of aromatic nitrogens is 1. The molecule has 0 radical (unpaired) electrons. The van der Waals surface area contributed by atoms with Crippen molar-refractivity contribution in [2.24, 2.45) is 12.8 Å². The second kappa shape index (κ2) is 4.38. The molecule has 2 aromatic rings. The van der Waals surface area contributed by atoms with Gasteiger partial charge in [-0.3, -0.25) is 0 Å². The molecule has 102 valence electrons. The zero-order valence-corrected chi connectivity index (χ0v) is 12.3. The van der Waals surface area contributed by atoms with E-state index < -0.39 is 0 Å². The zero-order chi connectivity index (χ0) is 13.6. The number of nitrogens with two attached hydrogens (primary N) is 1. The van der Waals surface area contributed by atoms with Crippen molar-refractivity contribution >= 4 is 10.9 Å². The van der Waals surface area contributed by atoms with Crippen LogP contribution in [0.5, 0.6) is 0 Å². The number of hydrogen-bond acceptors (Lipinski definition) is 1. The fourth-order valence-corrected chi connectivity index (χ4v) is 3.95. The van der Waals surface area contributed by atoms with E-state index in [9.17, 15) is 0 Å². The predicted molar refractivity (Wildman–Crippen MR) is 81.6 cm³/mol. The van der Waals surface area contributed by atoms with Crippen LogP contribution >= 0.6 is 0 Å². The first-order chi connectivity index (χ1) is 9.09. The Balaban J connectivity index is 2.33. The summed E-state index contributed by atoms with van der Waals surface area (Å²) in [7, 11) is 2.16. The molecule has 2 nitrogen and oxygen atoms in total. The highest BCUT2D eigenvalue weighted by atomic mass is 14.9. The van der Waals surface area contributed by atoms with E-state index in [4.69, 9.17) is 5.73 Å². The van der Waals surface area contributed by atoms with Gasteiger partial charge in [0.2, 0.25) is 0 Å². The number of fused-ring (bicyclic) bond motifs is 1. The Kier molecular flexibility index (Phi) is 2.94. The van der Waals surface area contributed by atoms with Crippen molar-refractivity contribution in [1.29, 1.82) is 0 Å². The van der Waals surface area contributed by atoms with Crippen LogP contribution in [0.25, 0.3) is 10.9 Å². The summed E-state index contributed by atoms with van der Waals surface area (Å²) >= 11 is 0. The first kappa shape index (κ1) is 12.7. The molecule has 0 amide bonds. The van der Waals surface area contributed by atoms with Crippen molar-refractivity contribution in [2.75, 3.05) is 6.54 Å². The van der Waals surface area contributed by atoms with Crippen LogP contribution in [0.4, 0.5) is 0 Å². The van der Waals surface area contributed by atoms with Crippen molar-refractivity contribution in [1.82, 2.24) is 4.57 Å². The summed E-state index contributed by atoms with van der Waals surface area (Å²) in [6, 6.07) is 4.48. The third-order valence-electron chi connectivity index (χ3n) is 5.06. The van der Waals surface area contributed by atoms with Gasteiger partial charge in [-0.2, -0.15) is 0 Å². The molecule has 1 aliphatic rings. The third kappa shape index (κ3) is 1.73. The van der Waals surface area contributed by atoms with Gasteiger partial charge in [0.05, 0.1) is 5.52 Å². The molecule has 1 fully saturated rings. The fraction of sp³-hybridized carbons (Fsp3) is 0.529. The quantitative estimate of drug-likeness (QED) is 0.875. The molecule has 1 heterocycles. The van der Waals surface area contributed by atoms with Crippen molar-refractivity contribution in [3.05, 3.63) is 35.0 Å². The molecule has 0 aliphatic heterocycles. The van der Waals surface area contributed by atoms with Crippen molar-refractivity contribution in [2.45, 2.75) is 44.9 Å². The van der Waals surface area contributed by atoms with Gasteiger partial charge in [0.1, 0.15) is 0 Å². The van der Waals surface area contributed by atoms with Crippen LogP contribution in [0.3, 0.4) is 0 Å². The van der Waals surface area contributed by atoms with Gasteiger partial charge < -0.3 is 10.3 Å². The van der Waals surface area contributed by atoms with Crippen LogP contribution < -0.4 is 5.73 Å². The van der Waals surface area contributed by atoms with E-state index in [1.54, 1.807) is 0 Å². The van der Waals surface area contributed by atoms with E-state index in [1.807, 2.05) is 0 Å². The van der Waals surface area contributed by atoms with Crippen LogP contribution in [0.1, 0.15) is 42.4 Å². The fourth-order valence-electron chi connectivity index (χ4n) is 3.95. The Labute approximate surface area is 115 Å². The van der Waals surface area contributed by atoms with Crippen molar-refractivity contribution in [3.8, 4) is 0 Å². The molecule has 19 heavy (non-hydrogen) atoms. The number of rotatable bonds is 2. The van der Waals surface area contributed by atoms with Gasteiger partial charge in [0.15, 0.2) is 0 Å². The van der Waals surface area contributed by atoms with E-state index in [0.717, 1.165) is 6.54 Å². The molecular weight excluding hydrogens is 232 g/mol. The highest BCUT2D eigenvalue weighted by Crippen LogP contribution is 2.44. The highest BCUT2D eigenvalue weighted by molar-refractivity contribution is 5.90. The lowest BCUT2D eigenvalue weighted by Gasteiger charge is -2.27. The van der Waals surface area contributed by atoms with Crippen LogP contribution in [0, 0.1) is 13.8 Å². The summed E-state index contributed by atoms with van der Waals surface area (Å²) in [4.78, 5) is 0. The van der Waals surface area contributed by atoms with Gasteiger partial charge in [0.25, 0.3) is 0 Å². The molecule has 0 spiro atoms. The standard InChI is InChI=1S/C17H24N2/c1-12-6-7-13(2)16-15(12)14(10-19(16)3)17(11-18)8-4-5-9-17/h6-7,10H,4-5,8-9,11,18H2,1-3H3. The lowest BCUT2D eigenvalue weighted by molar-refractivity contribution is 0.455. The molecule has 2 heteroatoms. The van der Waals surface area contributed by atoms with E-state index in [1.165, 1.54) is 53.3 Å². The second-order valence-electron chi connectivity index (χ2n) is 6.27. The largest absolute Gasteiger partial charge is 0.350 e. The van der Waals surface area contributed by atoms with Crippen LogP contribution in [-0.2, 0) is 12.5 Å². The predicted octanol–water partition coefficient (Wildman–Crippen LogP) is 3.57. The Morgan fingerprint density at radius 2 is 1.79 bits per heavy atom. The smallest absolute Gasteiger partial charge is 0.0513 e. The van der Waals surface area contributed by atoms with Crippen LogP contribution in [0.2, 0.25) is 0 Å². The van der Waals surface area contributed by atoms with Gasteiger partial charge in [-0.1, -0.05) is 25.0 Å². The van der Waals surface area contributed by atoms with E-state index in [2.05, 4.69) is 43.8 Å².